The van der Waals surface area contributed by atoms with E-state index in [1.165, 1.54) is 0 Å². The summed E-state index contributed by atoms with van der Waals surface area (Å²) in [4.78, 5) is 4.01. The second kappa shape index (κ2) is 6.98. The molecule has 19 heavy (non-hydrogen) atoms. The molecule has 1 atom stereocenters. The second-order valence-electron chi connectivity index (χ2n) is 4.93. The number of hydrogen-bond acceptors (Lipinski definition) is 4. The van der Waals surface area contributed by atoms with Gasteiger partial charge in [0.2, 0.25) is 10.0 Å². The maximum atomic E-state index is 11.9. The lowest BCUT2D eigenvalue weighted by Crippen LogP contribution is -2.42. The van der Waals surface area contributed by atoms with E-state index in [1.807, 2.05) is 12.1 Å². The van der Waals surface area contributed by atoms with Crippen molar-refractivity contribution in [2.24, 2.45) is 0 Å². The molecule has 1 fully saturated rings. The van der Waals surface area contributed by atoms with Gasteiger partial charge in [0.1, 0.15) is 0 Å². The van der Waals surface area contributed by atoms with Crippen molar-refractivity contribution in [2.45, 2.75) is 31.7 Å². The molecule has 1 aromatic heterocycles. The Hall–Kier alpha value is -0.980. The van der Waals surface area contributed by atoms with Crippen molar-refractivity contribution in [3.63, 3.8) is 0 Å². The first-order valence-electron chi connectivity index (χ1n) is 6.75. The molecular formula is C13H21N3O2S. The van der Waals surface area contributed by atoms with Crippen LogP contribution in [0.5, 0.6) is 0 Å². The molecule has 1 aromatic rings. The standard InChI is InChI=1S/C13H21N3O2S/c17-19(18,11-13-5-1-2-8-15-13)16-9-6-12-4-3-7-14-10-12/h3-4,7,10,13,15-16H,1-2,5-6,8-9,11H2. The lowest BCUT2D eigenvalue weighted by Gasteiger charge is -2.23. The molecular weight excluding hydrogens is 262 g/mol. The minimum atomic E-state index is -3.18. The van der Waals surface area contributed by atoms with Crippen molar-refractivity contribution in [3.8, 4) is 0 Å². The molecule has 0 radical (unpaired) electrons. The molecule has 2 N–H and O–H groups in total. The van der Waals surface area contributed by atoms with Crippen LogP contribution in [0, 0.1) is 0 Å². The van der Waals surface area contributed by atoms with Crippen molar-refractivity contribution >= 4 is 10.0 Å². The average molecular weight is 283 g/mol. The molecule has 0 saturated carbocycles. The summed E-state index contributed by atoms with van der Waals surface area (Å²) in [6.45, 7) is 1.36. The van der Waals surface area contributed by atoms with Gasteiger partial charge in [0.15, 0.2) is 0 Å². The van der Waals surface area contributed by atoms with E-state index in [2.05, 4.69) is 15.0 Å². The van der Waals surface area contributed by atoms with E-state index >= 15 is 0 Å². The second-order valence-corrected chi connectivity index (χ2v) is 6.79. The molecule has 2 rings (SSSR count). The van der Waals surface area contributed by atoms with Gasteiger partial charge in [0.05, 0.1) is 5.75 Å². The minimum Gasteiger partial charge on any atom is -0.313 e. The van der Waals surface area contributed by atoms with Crippen LogP contribution in [0.15, 0.2) is 24.5 Å². The fourth-order valence-corrected chi connectivity index (χ4v) is 3.63. The highest BCUT2D eigenvalue weighted by Crippen LogP contribution is 2.08. The van der Waals surface area contributed by atoms with Crippen LogP contribution >= 0.6 is 0 Å². The summed E-state index contributed by atoms with van der Waals surface area (Å²) >= 11 is 0. The minimum absolute atomic E-state index is 0.102. The molecule has 1 unspecified atom stereocenters. The van der Waals surface area contributed by atoms with Gasteiger partial charge in [-0.15, -0.1) is 0 Å². The van der Waals surface area contributed by atoms with Gasteiger partial charge >= 0.3 is 0 Å². The Balaban J connectivity index is 1.74. The lowest BCUT2D eigenvalue weighted by molar-refractivity contribution is 0.422. The summed E-state index contributed by atoms with van der Waals surface area (Å²) in [5, 5.41) is 3.25. The van der Waals surface area contributed by atoms with E-state index in [4.69, 9.17) is 0 Å². The number of nitrogens with one attached hydrogen (secondary N) is 2. The summed E-state index contributed by atoms with van der Waals surface area (Å²) in [6.07, 6.45) is 7.35. The predicted molar refractivity (Wildman–Crippen MR) is 75.4 cm³/mol. The highest BCUT2D eigenvalue weighted by Gasteiger charge is 2.20. The Bertz CT molecular complexity index is 470. The van der Waals surface area contributed by atoms with Crippen molar-refractivity contribution in [3.05, 3.63) is 30.1 Å². The van der Waals surface area contributed by atoms with Crippen LogP contribution in [-0.4, -0.2) is 38.3 Å². The zero-order valence-electron chi connectivity index (χ0n) is 11.0. The first-order chi connectivity index (χ1) is 9.16. The Kier molecular flexibility index (Phi) is 5.30. The molecule has 1 aliphatic rings. The third-order valence-corrected chi connectivity index (χ3v) is 4.78. The Morgan fingerprint density at radius 3 is 3.00 bits per heavy atom. The van der Waals surface area contributed by atoms with E-state index in [1.54, 1.807) is 12.4 Å². The normalized spacial score (nSPS) is 20.3. The van der Waals surface area contributed by atoms with E-state index in [-0.39, 0.29) is 11.8 Å². The van der Waals surface area contributed by atoms with Gasteiger partial charge in [0.25, 0.3) is 0 Å². The Morgan fingerprint density at radius 2 is 2.32 bits per heavy atom. The predicted octanol–water partition coefficient (Wildman–Crippen LogP) is 0.686. The summed E-state index contributed by atoms with van der Waals surface area (Å²) in [7, 11) is -3.18. The largest absolute Gasteiger partial charge is 0.313 e. The molecule has 1 saturated heterocycles. The van der Waals surface area contributed by atoms with Crippen LogP contribution < -0.4 is 10.0 Å². The molecule has 106 valence electrons. The Labute approximate surface area is 114 Å². The number of piperidine rings is 1. The molecule has 0 amide bonds. The van der Waals surface area contributed by atoms with E-state index in [9.17, 15) is 8.42 Å². The maximum absolute atomic E-state index is 11.9. The summed E-state index contributed by atoms with van der Waals surface area (Å²) in [5.41, 5.74) is 1.04. The van der Waals surface area contributed by atoms with Crippen LogP contribution in [0.2, 0.25) is 0 Å². The fraction of sp³-hybridized carbons (Fsp3) is 0.615. The van der Waals surface area contributed by atoms with Crippen molar-refractivity contribution in [1.82, 2.24) is 15.0 Å². The molecule has 0 spiro atoms. The smallest absolute Gasteiger partial charge is 0.213 e. The summed E-state index contributed by atoms with van der Waals surface area (Å²) < 4.78 is 26.5. The highest BCUT2D eigenvalue weighted by atomic mass is 32.2. The topological polar surface area (TPSA) is 71.1 Å². The Morgan fingerprint density at radius 1 is 1.42 bits per heavy atom. The molecule has 0 aromatic carbocycles. The van der Waals surface area contributed by atoms with Gasteiger partial charge in [-0.1, -0.05) is 12.5 Å². The maximum Gasteiger partial charge on any atom is 0.213 e. The van der Waals surface area contributed by atoms with E-state index in [0.717, 1.165) is 31.4 Å². The number of sulfonamides is 1. The van der Waals surface area contributed by atoms with Crippen LogP contribution in [0.1, 0.15) is 24.8 Å². The number of aromatic nitrogens is 1. The number of nitrogens with zero attached hydrogens (tertiary/aromatic N) is 1. The molecule has 1 aliphatic heterocycles. The van der Waals surface area contributed by atoms with E-state index < -0.39 is 10.0 Å². The van der Waals surface area contributed by atoms with Gasteiger partial charge in [-0.05, 0) is 37.4 Å². The van der Waals surface area contributed by atoms with Crippen molar-refractivity contribution < 1.29 is 8.42 Å². The van der Waals surface area contributed by atoms with Gasteiger partial charge in [-0.3, -0.25) is 4.98 Å². The molecule has 2 heterocycles. The van der Waals surface area contributed by atoms with Crippen LogP contribution in [-0.2, 0) is 16.4 Å². The van der Waals surface area contributed by atoms with Gasteiger partial charge in [0, 0.05) is 25.0 Å². The third kappa shape index (κ3) is 5.26. The monoisotopic (exact) mass is 283 g/mol. The number of pyridine rings is 1. The van der Waals surface area contributed by atoms with E-state index in [0.29, 0.717) is 13.0 Å². The molecule has 0 bridgehead atoms. The van der Waals surface area contributed by atoms with Crippen LogP contribution in [0.25, 0.3) is 0 Å². The summed E-state index contributed by atoms with van der Waals surface area (Å²) in [5.74, 6) is 0.181. The fourth-order valence-electron chi connectivity index (χ4n) is 2.29. The van der Waals surface area contributed by atoms with Crippen molar-refractivity contribution in [2.75, 3.05) is 18.8 Å². The third-order valence-electron chi connectivity index (χ3n) is 3.29. The van der Waals surface area contributed by atoms with Crippen LogP contribution in [0.4, 0.5) is 0 Å². The molecule has 6 heteroatoms. The average Bonchev–Trinajstić information content (AvgIpc) is 2.40. The van der Waals surface area contributed by atoms with Gasteiger partial charge in [-0.2, -0.15) is 0 Å². The first kappa shape index (κ1) is 14.4. The van der Waals surface area contributed by atoms with Gasteiger partial charge < -0.3 is 5.32 Å². The number of hydrogen-bond donors (Lipinski definition) is 2. The number of rotatable bonds is 6. The highest BCUT2D eigenvalue weighted by molar-refractivity contribution is 7.89. The van der Waals surface area contributed by atoms with Crippen LogP contribution in [0.3, 0.4) is 0 Å². The zero-order chi connectivity index (χ0) is 13.6. The first-order valence-corrected chi connectivity index (χ1v) is 8.40. The zero-order valence-corrected chi connectivity index (χ0v) is 11.8. The molecule has 0 aliphatic carbocycles. The quantitative estimate of drug-likeness (QED) is 0.805. The lowest BCUT2D eigenvalue weighted by atomic mass is 10.1. The SMILES string of the molecule is O=S(=O)(CC1CCCCN1)NCCc1cccnc1. The van der Waals surface area contributed by atoms with Gasteiger partial charge in [-0.25, -0.2) is 13.1 Å². The summed E-state index contributed by atoms with van der Waals surface area (Å²) in [6, 6.07) is 3.91. The van der Waals surface area contributed by atoms with Crippen molar-refractivity contribution in [1.29, 1.82) is 0 Å². The molecule has 5 nitrogen and oxygen atoms in total.